The molecule has 1 heterocycles. The summed E-state index contributed by atoms with van der Waals surface area (Å²) >= 11 is 0. The molecule has 0 aromatic heterocycles. The molecule has 6 nitrogen and oxygen atoms in total. The summed E-state index contributed by atoms with van der Waals surface area (Å²) in [7, 11) is -3.12. The Kier molecular flexibility index (Phi) is 7.59. The summed E-state index contributed by atoms with van der Waals surface area (Å²) in [6.07, 6.45) is 0.453. The van der Waals surface area contributed by atoms with Crippen LogP contribution in [0.1, 0.15) is 44.2 Å². The van der Waals surface area contributed by atoms with E-state index in [1.54, 1.807) is 4.90 Å². The van der Waals surface area contributed by atoms with Gasteiger partial charge < -0.3 is 14.4 Å². The Morgan fingerprint density at radius 1 is 1.03 bits per heavy atom. The summed E-state index contributed by atoms with van der Waals surface area (Å²) in [5.41, 5.74) is 2.12. The monoisotopic (exact) mass is 445 g/mol. The number of carbonyl (C=O) groups is 1. The molecule has 1 unspecified atom stereocenters. The van der Waals surface area contributed by atoms with Crippen molar-refractivity contribution in [3.8, 4) is 11.5 Å². The van der Waals surface area contributed by atoms with Crippen molar-refractivity contribution >= 4 is 15.7 Å². The van der Waals surface area contributed by atoms with Gasteiger partial charge in [0.25, 0.3) is 5.91 Å². The summed E-state index contributed by atoms with van der Waals surface area (Å²) in [5.74, 6) is 1.70. The lowest BCUT2D eigenvalue weighted by Gasteiger charge is -2.28. The van der Waals surface area contributed by atoms with Crippen molar-refractivity contribution in [2.75, 3.05) is 24.7 Å². The topological polar surface area (TPSA) is 72.9 Å². The Hall–Kier alpha value is -2.54. The van der Waals surface area contributed by atoms with Crippen LogP contribution in [0.2, 0.25) is 0 Å². The van der Waals surface area contributed by atoms with Crippen molar-refractivity contribution in [1.82, 2.24) is 4.90 Å². The van der Waals surface area contributed by atoms with Gasteiger partial charge in [0.15, 0.2) is 16.4 Å². The van der Waals surface area contributed by atoms with E-state index < -0.39 is 9.84 Å². The highest BCUT2D eigenvalue weighted by Crippen LogP contribution is 2.23. The molecular weight excluding hydrogens is 414 g/mol. The summed E-state index contributed by atoms with van der Waals surface area (Å²) in [6.45, 7) is 6.95. The van der Waals surface area contributed by atoms with Gasteiger partial charge in [0.2, 0.25) is 0 Å². The lowest BCUT2D eigenvalue weighted by molar-refractivity contribution is -0.136. The van der Waals surface area contributed by atoms with Crippen LogP contribution >= 0.6 is 0 Å². The van der Waals surface area contributed by atoms with Crippen LogP contribution in [0.25, 0.3) is 0 Å². The highest BCUT2D eigenvalue weighted by Gasteiger charge is 2.34. The maximum Gasteiger partial charge on any atom is 0.261 e. The van der Waals surface area contributed by atoms with E-state index in [0.29, 0.717) is 31.2 Å². The molecule has 1 atom stereocenters. The first-order chi connectivity index (χ1) is 14.8. The van der Waals surface area contributed by atoms with Crippen molar-refractivity contribution in [3.05, 3.63) is 59.7 Å². The molecule has 1 aliphatic heterocycles. The smallest absolute Gasteiger partial charge is 0.261 e. The fourth-order valence-electron chi connectivity index (χ4n) is 3.67. The van der Waals surface area contributed by atoms with E-state index >= 15 is 0 Å². The van der Waals surface area contributed by atoms with Crippen LogP contribution in [0, 0.1) is 0 Å². The van der Waals surface area contributed by atoms with Gasteiger partial charge in [0, 0.05) is 12.6 Å². The van der Waals surface area contributed by atoms with E-state index in [2.05, 4.69) is 13.8 Å². The Morgan fingerprint density at radius 2 is 1.65 bits per heavy atom. The van der Waals surface area contributed by atoms with Crippen LogP contribution in [0.3, 0.4) is 0 Å². The number of sulfone groups is 1. The number of ether oxygens (including phenoxy) is 2. The molecule has 0 bridgehead atoms. The van der Waals surface area contributed by atoms with Crippen molar-refractivity contribution in [2.45, 2.75) is 45.7 Å². The van der Waals surface area contributed by atoms with Gasteiger partial charge in [-0.25, -0.2) is 8.42 Å². The minimum absolute atomic E-state index is 0.00114. The van der Waals surface area contributed by atoms with Crippen molar-refractivity contribution in [3.63, 3.8) is 0 Å². The Balaban J connectivity index is 1.70. The van der Waals surface area contributed by atoms with Gasteiger partial charge in [0.05, 0.1) is 18.1 Å². The predicted octanol–water partition coefficient (Wildman–Crippen LogP) is 3.80. The second kappa shape index (κ2) is 10.2. The second-order valence-electron chi connectivity index (χ2n) is 8.17. The van der Waals surface area contributed by atoms with Crippen LogP contribution < -0.4 is 9.47 Å². The molecule has 0 radical (unpaired) electrons. The predicted molar refractivity (Wildman–Crippen MR) is 121 cm³/mol. The molecule has 31 heavy (non-hydrogen) atoms. The maximum atomic E-state index is 13.0. The van der Waals surface area contributed by atoms with E-state index in [1.807, 2.05) is 55.5 Å². The first-order valence-electron chi connectivity index (χ1n) is 10.7. The molecule has 1 aliphatic rings. The van der Waals surface area contributed by atoms with E-state index in [1.165, 1.54) is 5.56 Å². The van der Waals surface area contributed by atoms with Crippen molar-refractivity contribution < 1.29 is 22.7 Å². The number of carbonyl (C=O) groups excluding carboxylic acids is 1. The summed E-state index contributed by atoms with van der Waals surface area (Å²) in [5, 5.41) is 0. The molecular formula is C24H31NO5S. The summed E-state index contributed by atoms with van der Waals surface area (Å²) < 4.78 is 35.2. The lowest BCUT2D eigenvalue weighted by atomic mass is 10.0. The average Bonchev–Trinajstić information content (AvgIpc) is 3.11. The normalized spacial score (nSPS) is 17.5. The van der Waals surface area contributed by atoms with E-state index in [4.69, 9.17) is 9.47 Å². The Morgan fingerprint density at radius 3 is 2.19 bits per heavy atom. The summed E-state index contributed by atoms with van der Waals surface area (Å²) in [6, 6.07) is 14.9. The number of nitrogens with zero attached hydrogens (tertiary/aromatic N) is 1. The third-order valence-corrected chi connectivity index (χ3v) is 7.22. The zero-order valence-electron chi connectivity index (χ0n) is 18.4. The SMILES string of the molecule is CCOc1ccc(CN(C(=O)COc2ccc(C(C)C)cc2)C2CCS(=O)(=O)C2)cc1. The minimum Gasteiger partial charge on any atom is -0.494 e. The highest BCUT2D eigenvalue weighted by molar-refractivity contribution is 7.91. The van der Waals surface area contributed by atoms with Crippen LogP contribution in [0.5, 0.6) is 11.5 Å². The molecule has 2 aromatic rings. The molecule has 3 rings (SSSR count). The van der Waals surface area contributed by atoms with Gasteiger partial charge in [-0.1, -0.05) is 38.1 Å². The Labute approximate surface area is 185 Å². The first-order valence-corrected chi connectivity index (χ1v) is 12.5. The van der Waals surface area contributed by atoms with Crippen LogP contribution in [-0.4, -0.2) is 50.0 Å². The molecule has 0 saturated carbocycles. The quantitative estimate of drug-likeness (QED) is 0.587. The minimum atomic E-state index is -3.12. The largest absolute Gasteiger partial charge is 0.494 e. The van der Waals surface area contributed by atoms with Gasteiger partial charge in [-0.3, -0.25) is 4.79 Å². The van der Waals surface area contributed by atoms with Crippen LogP contribution in [-0.2, 0) is 21.2 Å². The van der Waals surface area contributed by atoms with Gasteiger partial charge in [0.1, 0.15) is 11.5 Å². The fraction of sp³-hybridized carbons (Fsp3) is 0.458. The van der Waals surface area contributed by atoms with Gasteiger partial charge >= 0.3 is 0 Å². The molecule has 2 aromatic carbocycles. The maximum absolute atomic E-state index is 13.0. The number of hydrogen-bond donors (Lipinski definition) is 0. The second-order valence-corrected chi connectivity index (χ2v) is 10.4. The number of benzene rings is 2. The molecule has 0 aliphatic carbocycles. The molecule has 168 valence electrons. The molecule has 1 saturated heterocycles. The number of rotatable bonds is 9. The number of amides is 1. The average molecular weight is 446 g/mol. The van der Waals surface area contributed by atoms with Crippen LogP contribution in [0.4, 0.5) is 0 Å². The molecule has 0 spiro atoms. The standard InChI is InChI=1S/C24H31NO5S/c1-4-29-22-9-5-19(6-10-22)15-25(21-13-14-31(27,28)17-21)24(26)16-30-23-11-7-20(8-12-23)18(2)3/h5-12,18,21H,4,13-17H2,1-3H3. The summed E-state index contributed by atoms with van der Waals surface area (Å²) in [4.78, 5) is 14.7. The molecule has 0 N–H and O–H groups in total. The molecule has 1 amide bonds. The van der Waals surface area contributed by atoms with Crippen molar-refractivity contribution in [2.24, 2.45) is 0 Å². The fourth-order valence-corrected chi connectivity index (χ4v) is 5.40. The van der Waals surface area contributed by atoms with E-state index in [0.717, 1.165) is 11.3 Å². The zero-order chi connectivity index (χ0) is 22.4. The third kappa shape index (κ3) is 6.47. The zero-order valence-corrected chi connectivity index (χ0v) is 19.2. The number of hydrogen-bond acceptors (Lipinski definition) is 5. The third-order valence-electron chi connectivity index (χ3n) is 5.47. The molecule has 7 heteroatoms. The van der Waals surface area contributed by atoms with E-state index in [-0.39, 0.29) is 30.1 Å². The van der Waals surface area contributed by atoms with E-state index in [9.17, 15) is 13.2 Å². The van der Waals surface area contributed by atoms with Gasteiger partial charge in [-0.15, -0.1) is 0 Å². The Bertz CT molecular complexity index is 968. The molecule has 1 fully saturated rings. The van der Waals surface area contributed by atoms with Gasteiger partial charge in [-0.2, -0.15) is 0 Å². The highest BCUT2D eigenvalue weighted by atomic mass is 32.2. The first kappa shape index (κ1) is 23.1. The van der Waals surface area contributed by atoms with Crippen LogP contribution in [0.15, 0.2) is 48.5 Å². The van der Waals surface area contributed by atoms with Gasteiger partial charge in [-0.05, 0) is 54.7 Å². The lowest BCUT2D eigenvalue weighted by Crippen LogP contribution is -2.43. The van der Waals surface area contributed by atoms with Crippen molar-refractivity contribution in [1.29, 1.82) is 0 Å².